The van der Waals surface area contributed by atoms with Gasteiger partial charge in [0.2, 0.25) is 0 Å². The van der Waals surface area contributed by atoms with Crippen LogP contribution in [0.25, 0.3) is 0 Å². The lowest BCUT2D eigenvalue weighted by molar-refractivity contribution is 0.273. The monoisotopic (exact) mass is 155 g/mol. The second-order valence-electron chi connectivity index (χ2n) is 5.15. The third-order valence-corrected chi connectivity index (χ3v) is 1.79. The predicted octanol–water partition coefficient (Wildman–Crippen LogP) is 4.06. The van der Waals surface area contributed by atoms with Gasteiger partial charge < -0.3 is 0 Å². The average Bonchev–Trinajstić information content (AvgIpc) is 1.53. The summed E-state index contributed by atoms with van der Waals surface area (Å²) in [6, 6.07) is 0. The van der Waals surface area contributed by atoms with Gasteiger partial charge in [0.25, 0.3) is 0 Å². The Bertz CT molecular complexity index is 86.6. The van der Waals surface area contributed by atoms with E-state index in [2.05, 4.69) is 41.5 Å². The van der Waals surface area contributed by atoms with Crippen LogP contribution >= 0.6 is 0 Å². The van der Waals surface area contributed by atoms with Gasteiger partial charge in [0.15, 0.2) is 0 Å². The largest absolute Gasteiger partial charge is 0.0628 e. The minimum atomic E-state index is 0.507. The zero-order valence-corrected chi connectivity index (χ0v) is 8.99. The van der Waals surface area contributed by atoms with E-state index >= 15 is 0 Å². The van der Waals surface area contributed by atoms with Crippen molar-refractivity contribution in [2.75, 3.05) is 0 Å². The normalized spacial score (nSPS) is 13.1. The van der Waals surface area contributed by atoms with Crippen LogP contribution in [0.15, 0.2) is 0 Å². The van der Waals surface area contributed by atoms with Crippen molar-refractivity contribution in [2.45, 2.75) is 54.4 Å². The Balaban J connectivity index is 3.79. The molecule has 0 saturated carbocycles. The molecule has 0 aromatic heterocycles. The Hall–Kier alpha value is 0. The summed E-state index contributed by atoms with van der Waals surface area (Å²) in [5.74, 6) is 2.38. The molecule has 0 amide bonds. The van der Waals surface area contributed by atoms with E-state index in [1.54, 1.807) is 5.92 Å². The van der Waals surface area contributed by atoms with Gasteiger partial charge in [-0.25, -0.2) is 0 Å². The molecule has 0 aliphatic rings. The first-order valence-corrected chi connectivity index (χ1v) is 4.62. The lowest BCUT2D eigenvalue weighted by atomic mass is 9.78. The quantitative estimate of drug-likeness (QED) is 0.574. The summed E-state index contributed by atoms with van der Waals surface area (Å²) in [6.07, 6.45) is 2.60. The Morgan fingerprint density at radius 2 is 1.64 bits per heavy atom. The molecule has 0 bridgehead atoms. The lowest BCUT2D eigenvalue weighted by Gasteiger charge is -2.28. The molecule has 0 spiro atoms. The zero-order valence-electron chi connectivity index (χ0n) is 8.99. The molecule has 0 heterocycles. The summed E-state index contributed by atoms with van der Waals surface area (Å²) >= 11 is 0. The minimum Gasteiger partial charge on any atom is -0.0628 e. The average molecular weight is 155 g/mol. The maximum Gasteiger partial charge on any atom is -0.0298 e. The van der Waals surface area contributed by atoms with E-state index in [4.69, 9.17) is 0 Å². The van der Waals surface area contributed by atoms with Gasteiger partial charge in [-0.2, -0.15) is 0 Å². The highest BCUT2D eigenvalue weighted by molar-refractivity contribution is 4.85. The highest BCUT2D eigenvalue weighted by atomic mass is 14.3. The van der Waals surface area contributed by atoms with Gasteiger partial charge in [-0.3, -0.25) is 0 Å². The van der Waals surface area contributed by atoms with E-state index in [0.717, 1.165) is 5.92 Å². The fourth-order valence-electron chi connectivity index (χ4n) is 2.13. The minimum absolute atomic E-state index is 0.507. The van der Waals surface area contributed by atoms with Crippen LogP contribution in [0.5, 0.6) is 0 Å². The molecule has 0 aliphatic heterocycles. The number of rotatable bonds is 4. The maximum atomic E-state index is 2.36. The lowest BCUT2D eigenvalue weighted by Crippen LogP contribution is -2.16. The molecule has 0 heteroatoms. The SMILES string of the molecule is C[C](C)CC(C)(C)CC(C)C. The van der Waals surface area contributed by atoms with Crippen molar-refractivity contribution in [3.63, 3.8) is 0 Å². The van der Waals surface area contributed by atoms with E-state index in [1.165, 1.54) is 12.8 Å². The summed E-state index contributed by atoms with van der Waals surface area (Å²) in [5, 5.41) is 0. The Morgan fingerprint density at radius 1 is 1.18 bits per heavy atom. The van der Waals surface area contributed by atoms with Crippen LogP contribution in [0.4, 0.5) is 0 Å². The summed E-state index contributed by atoms with van der Waals surface area (Å²) in [7, 11) is 0. The molecule has 0 N–H and O–H groups in total. The van der Waals surface area contributed by atoms with Crippen molar-refractivity contribution in [3.8, 4) is 0 Å². The van der Waals surface area contributed by atoms with Gasteiger partial charge in [0.1, 0.15) is 0 Å². The molecular weight excluding hydrogens is 132 g/mol. The van der Waals surface area contributed by atoms with Crippen LogP contribution in [-0.4, -0.2) is 0 Å². The molecule has 11 heavy (non-hydrogen) atoms. The summed E-state index contributed by atoms with van der Waals surface area (Å²) in [5.41, 5.74) is 0.507. The van der Waals surface area contributed by atoms with E-state index in [-0.39, 0.29) is 0 Å². The maximum absolute atomic E-state index is 2.36. The second kappa shape index (κ2) is 4.13. The first-order chi connectivity index (χ1) is 4.83. The molecule has 1 radical (unpaired) electrons. The van der Waals surface area contributed by atoms with Crippen LogP contribution in [0, 0.1) is 17.3 Å². The first-order valence-electron chi connectivity index (χ1n) is 4.62. The molecule has 0 aromatic carbocycles. The van der Waals surface area contributed by atoms with E-state index in [9.17, 15) is 0 Å². The van der Waals surface area contributed by atoms with Crippen molar-refractivity contribution < 1.29 is 0 Å². The predicted molar refractivity (Wildman–Crippen MR) is 52.4 cm³/mol. The third-order valence-electron chi connectivity index (χ3n) is 1.79. The summed E-state index contributed by atoms with van der Waals surface area (Å²) in [6.45, 7) is 13.8. The van der Waals surface area contributed by atoms with Crippen molar-refractivity contribution in [1.82, 2.24) is 0 Å². The van der Waals surface area contributed by atoms with Crippen molar-refractivity contribution in [3.05, 3.63) is 5.92 Å². The Labute approximate surface area is 72.4 Å². The fourth-order valence-corrected chi connectivity index (χ4v) is 2.13. The molecule has 0 aromatic rings. The molecule has 0 saturated heterocycles. The zero-order chi connectivity index (χ0) is 9.07. The van der Waals surface area contributed by atoms with Crippen molar-refractivity contribution in [2.24, 2.45) is 11.3 Å². The number of hydrogen-bond donors (Lipinski definition) is 0. The van der Waals surface area contributed by atoms with Crippen molar-refractivity contribution >= 4 is 0 Å². The smallest absolute Gasteiger partial charge is 0.0298 e. The topological polar surface area (TPSA) is 0 Å². The standard InChI is InChI=1S/C11H23/c1-9(2)7-11(5,6)8-10(3)4/h9H,7-8H2,1-6H3. The summed E-state index contributed by atoms with van der Waals surface area (Å²) < 4.78 is 0. The van der Waals surface area contributed by atoms with Gasteiger partial charge >= 0.3 is 0 Å². The van der Waals surface area contributed by atoms with Gasteiger partial charge in [-0.05, 0) is 30.1 Å². The molecule has 0 unspecified atom stereocenters. The molecular formula is C11H23. The Kier molecular flexibility index (Phi) is 4.13. The van der Waals surface area contributed by atoms with E-state index in [0.29, 0.717) is 5.41 Å². The van der Waals surface area contributed by atoms with Gasteiger partial charge in [-0.15, -0.1) is 0 Å². The van der Waals surface area contributed by atoms with Crippen LogP contribution in [0.2, 0.25) is 0 Å². The van der Waals surface area contributed by atoms with Crippen LogP contribution in [0.3, 0.4) is 0 Å². The first kappa shape index (κ1) is 11.0. The van der Waals surface area contributed by atoms with Gasteiger partial charge in [0.05, 0.1) is 0 Å². The Morgan fingerprint density at radius 3 is 1.91 bits per heavy atom. The molecule has 0 fully saturated rings. The second-order valence-corrected chi connectivity index (χ2v) is 5.15. The van der Waals surface area contributed by atoms with E-state index in [1.807, 2.05) is 0 Å². The molecule has 0 atom stereocenters. The van der Waals surface area contributed by atoms with Gasteiger partial charge in [-0.1, -0.05) is 41.5 Å². The highest BCUT2D eigenvalue weighted by Gasteiger charge is 2.20. The molecule has 67 valence electrons. The van der Waals surface area contributed by atoms with Gasteiger partial charge in [0, 0.05) is 0 Å². The fraction of sp³-hybridized carbons (Fsp3) is 0.909. The molecule has 0 nitrogen and oxygen atoms in total. The summed E-state index contributed by atoms with van der Waals surface area (Å²) in [4.78, 5) is 0. The van der Waals surface area contributed by atoms with E-state index < -0.39 is 0 Å². The number of hydrogen-bond acceptors (Lipinski definition) is 0. The van der Waals surface area contributed by atoms with Crippen LogP contribution in [0.1, 0.15) is 54.4 Å². The van der Waals surface area contributed by atoms with Crippen molar-refractivity contribution in [1.29, 1.82) is 0 Å². The molecule has 0 aliphatic carbocycles. The third kappa shape index (κ3) is 6.40. The van der Waals surface area contributed by atoms with Crippen LogP contribution in [-0.2, 0) is 0 Å². The molecule has 0 rings (SSSR count). The van der Waals surface area contributed by atoms with Crippen LogP contribution < -0.4 is 0 Å². The highest BCUT2D eigenvalue weighted by Crippen LogP contribution is 2.32.